The third-order valence-corrected chi connectivity index (χ3v) is 3.02. The zero-order valence-electron chi connectivity index (χ0n) is 14.4. The Balaban J connectivity index is 4.22. The standard InChI is InChI=1S/C16H29NO5/c1-6-12(18)10-8-7-9-11-13(14(19)21-5)17-15(20)22-16(2,3)4/h13H,6-11H2,1-5H3,(H,17,20)/t13-/m0/s1. The summed E-state index contributed by atoms with van der Waals surface area (Å²) in [5.74, 6) is -0.244. The molecule has 6 heteroatoms. The summed E-state index contributed by atoms with van der Waals surface area (Å²) in [5.41, 5.74) is -0.620. The maximum atomic E-state index is 11.7. The average Bonchev–Trinajstić information content (AvgIpc) is 2.42. The number of methoxy groups -OCH3 is 1. The van der Waals surface area contributed by atoms with Crippen molar-refractivity contribution in [2.24, 2.45) is 0 Å². The molecule has 0 bridgehead atoms. The van der Waals surface area contributed by atoms with Gasteiger partial charge in [0.25, 0.3) is 0 Å². The van der Waals surface area contributed by atoms with Gasteiger partial charge in [0.15, 0.2) is 0 Å². The lowest BCUT2D eigenvalue weighted by Crippen LogP contribution is -2.44. The first kappa shape index (κ1) is 20.4. The molecule has 0 radical (unpaired) electrons. The topological polar surface area (TPSA) is 81.7 Å². The Kier molecular flexibility index (Phi) is 9.45. The Bertz CT molecular complexity index is 373. The number of carbonyl (C=O) groups excluding carboxylic acids is 3. The summed E-state index contributed by atoms with van der Waals surface area (Å²) in [5, 5.41) is 2.53. The number of alkyl carbamates (subject to hydrolysis) is 1. The van der Waals surface area contributed by atoms with E-state index in [0.29, 0.717) is 19.3 Å². The quantitative estimate of drug-likeness (QED) is 0.522. The van der Waals surface area contributed by atoms with Crippen molar-refractivity contribution in [2.75, 3.05) is 7.11 Å². The molecule has 0 unspecified atom stereocenters. The molecule has 0 fully saturated rings. The van der Waals surface area contributed by atoms with Gasteiger partial charge in [0, 0.05) is 12.8 Å². The molecular formula is C16H29NO5. The molecule has 0 rings (SSSR count). The smallest absolute Gasteiger partial charge is 0.408 e. The maximum Gasteiger partial charge on any atom is 0.408 e. The number of unbranched alkanes of at least 4 members (excludes halogenated alkanes) is 2. The van der Waals surface area contributed by atoms with Gasteiger partial charge >= 0.3 is 12.1 Å². The van der Waals surface area contributed by atoms with Crippen molar-refractivity contribution in [3.8, 4) is 0 Å². The lowest BCUT2D eigenvalue weighted by Gasteiger charge is -2.22. The van der Waals surface area contributed by atoms with Gasteiger partial charge in [-0.15, -0.1) is 0 Å². The van der Waals surface area contributed by atoms with Gasteiger partial charge in [-0.2, -0.15) is 0 Å². The van der Waals surface area contributed by atoms with Crippen LogP contribution in [0.2, 0.25) is 0 Å². The number of hydrogen-bond donors (Lipinski definition) is 1. The third kappa shape index (κ3) is 10.2. The van der Waals surface area contributed by atoms with Crippen LogP contribution in [0.15, 0.2) is 0 Å². The highest BCUT2D eigenvalue weighted by Gasteiger charge is 2.24. The van der Waals surface area contributed by atoms with E-state index in [0.717, 1.165) is 19.3 Å². The van der Waals surface area contributed by atoms with Gasteiger partial charge in [-0.05, 0) is 33.6 Å². The molecule has 0 aliphatic heterocycles. The van der Waals surface area contributed by atoms with E-state index in [2.05, 4.69) is 5.32 Å². The zero-order valence-corrected chi connectivity index (χ0v) is 14.4. The van der Waals surface area contributed by atoms with Gasteiger partial charge in [-0.25, -0.2) is 9.59 Å². The van der Waals surface area contributed by atoms with Gasteiger partial charge in [-0.3, -0.25) is 4.79 Å². The third-order valence-electron chi connectivity index (χ3n) is 3.02. The average molecular weight is 315 g/mol. The monoisotopic (exact) mass is 315 g/mol. The number of ether oxygens (including phenoxy) is 2. The minimum atomic E-state index is -0.721. The minimum Gasteiger partial charge on any atom is -0.467 e. The summed E-state index contributed by atoms with van der Waals surface area (Å²) in [6.45, 7) is 7.11. The Morgan fingerprint density at radius 2 is 1.73 bits per heavy atom. The van der Waals surface area contributed by atoms with Crippen molar-refractivity contribution in [2.45, 2.75) is 77.9 Å². The van der Waals surface area contributed by atoms with Crippen LogP contribution in [0.5, 0.6) is 0 Å². The number of amides is 1. The number of esters is 1. The first-order valence-electron chi connectivity index (χ1n) is 7.78. The van der Waals surface area contributed by atoms with E-state index in [4.69, 9.17) is 9.47 Å². The normalized spacial score (nSPS) is 12.4. The van der Waals surface area contributed by atoms with Crippen LogP contribution < -0.4 is 5.32 Å². The number of rotatable bonds is 9. The SMILES string of the molecule is CCC(=O)CCCCC[C@H](NC(=O)OC(C)(C)C)C(=O)OC. The molecule has 128 valence electrons. The predicted octanol–water partition coefficient (Wildman–Crippen LogP) is 2.98. The van der Waals surface area contributed by atoms with Gasteiger partial charge in [0.1, 0.15) is 17.4 Å². The summed E-state index contributed by atoms with van der Waals surface area (Å²) in [4.78, 5) is 34.6. The second kappa shape index (κ2) is 10.2. The highest BCUT2D eigenvalue weighted by atomic mass is 16.6. The van der Waals surface area contributed by atoms with E-state index < -0.39 is 23.7 Å². The number of hydrogen-bond acceptors (Lipinski definition) is 5. The number of carbonyl (C=O) groups is 3. The molecule has 0 saturated heterocycles. The van der Waals surface area contributed by atoms with Gasteiger partial charge in [-0.1, -0.05) is 19.8 Å². The van der Waals surface area contributed by atoms with Crippen LogP contribution >= 0.6 is 0 Å². The molecule has 1 amide bonds. The van der Waals surface area contributed by atoms with Gasteiger partial charge in [0.05, 0.1) is 7.11 Å². The molecule has 0 aromatic rings. The van der Waals surface area contributed by atoms with Crippen LogP contribution in [0.25, 0.3) is 0 Å². The van der Waals surface area contributed by atoms with Crippen molar-refractivity contribution in [3.05, 3.63) is 0 Å². The molecule has 22 heavy (non-hydrogen) atoms. The molecule has 0 aromatic heterocycles. The molecule has 0 heterocycles. The summed E-state index contributed by atoms with van der Waals surface area (Å²) in [6, 6.07) is -0.721. The zero-order chi connectivity index (χ0) is 17.2. The van der Waals surface area contributed by atoms with E-state index in [9.17, 15) is 14.4 Å². The number of nitrogens with one attached hydrogen (secondary N) is 1. The number of Topliss-reactive ketones (excluding diaryl/α,β-unsaturated/α-hetero) is 1. The van der Waals surface area contributed by atoms with E-state index in [-0.39, 0.29) is 5.78 Å². The van der Waals surface area contributed by atoms with Crippen LogP contribution in [-0.2, 0) is 19.1 Å². The van der Waals surface area contributed by atoms with Crippen molar-refractivity contribution in [3.63, 3.8) is 0 Å². The Morgan fingerprint density at radius 1 is 1.09 bits per heavy atom. The van der Waals surface area contributed by atoms with Crippen LogP contribution in [0, 0.1) is 0 Å². The Hall–Kier alpha value is -1.59. The van der Waals surface area contributed by atoms with Crippen LogP contribution in [0.1, 0.15) is 66.2 Å². The molecular weight excluding hydrogens is 286 g/mol. The van der Waals surface area contributed by atoms with Crippen LogP contribution in [-0.4, -0.2) is 36.6 Å². The first-order valence-corrected chi connectivity index (χ1v) is 7.78. The van der Waals surface area contributed by atoms with E-state index >= 15 is 0 Å². The molecule has 1 N–H and O–H groups in total. The van der Waals surface area contributed by atoms with Crippen molar-refractivity contribution < 1.29 is 23.9 Å². The second-order valence-electron chi connectivity index (χ2n) is 6.21. The highest BCUT2D eigenvalue weighted by Crippen LogP contribution is 2.10. The fourth-order valence-corrected chi connectivity index (χ4v) is 1.87. The molecule has 0 aliphatic rings. The van der Waals surface area contributed by atoms with Crippen LogP contribution in [0.4, 0.5) is 4.79 Å². The fraction of sp³-hybridized carbons (Fsp3) is 0.812. The van der Waals surface area contributed by atoms with Crippen molar-refractivity contribution in [1.29, 1.82) is 0 Å². The largest absolute Gasteiger partial charge is 0.467 e. The van der Waals surface area contributed by atoms with Crippen molar-refractivity contribution in [1.82, 2.24) is 5.32 Å². The maximum absolute atomic E-state index is 11.7. The Morgan fingerprint density at radius 3 is 2.23 bits per heavy atom. The number of ketones is 1. The summed E-state index contributed by atoms with van der Waals surface area (Å²) in [6.07, 6.45) is 3.31. The predicted molar refractivity (Wildman–Crippen MR) is 83.6 cm³/mol. The van der Waals surface area contributed by atoms with E-state index in [1.165, 1.54) is 7.11 Å². The summed E-state index contributed by atoms with van der Waals surface area (Å²) >= 11 is 0. The Labute approximate surface area is 132 Å². The van der Waals surface area contributed by atoms with Crippen molar-refractivity contribution >= 4 is 17.8 Å². The second-order valence-corrected chi connectivity index (χ2v) is 6.21. The summed E-state index contributed by atoms with van der Waals surface area (Å²) < 4.78 is 9.83. The molecule has 0 spiro atoms. The van der Waals surface area contributed by atoms with E-state index in [1.54, 1.807) is 20.8 Å². The summed E-state index contributed by atoms with van der Waals surface area (Å²) in [7, 11) is 1.28. The molecule has 1 atom stereocenters. The van der Waals surface area contributed by atoms with Crippen LogP contribution in [0.3, 0.4) is 0 Å². The first-order chi connectivity index (χ1) is 10.2. The van der Waals surface area contributed by atoms with Gasteiger partial charge in [0.2, 0.25) is 0 Å². The molecule has 0 saturated carbocycles. The molecule has 0 aromatic carbocycles. The molecule has 6 nitrogen and oxygen atoms in total. The minimum absolute atomic E-state index is 0.247. The highest BCUT2D eigenvalue weighted by molar-refractivity contribution is 5.81. The fourth-order valence-electron chi connectivity index (χ4n) is 1.87. The molecule has 0 aliphatic carbocycles. The van der Waals surface area contributed by atoms with E-state index in [1.807, 2.05) is 6.92 Å². The lowest BCUT2D eigenvalue weighted by molar-refractivity contribution is -0.143. The van der Waals surface area contributed by atoms with Gasteiger partial charge < -0.3 is 14.8 Å². The lowest BCUT2D eigenvalue weighted by atomic mass is 10.1.